The van der Waals surface area contributed by atoms with E-state index >= 15 is 0 Å². The van der Waals surface area contributed by atoms with Crippen molar-refractivity contribution in [1.82, 2.24) is 4.98 Å². The van der Waals surface area contributed by atoms with Gasteiger partial charge in [0.2, 0.25) is 5.91 Å². The summed E-state index contributed by atoms with van der Waals surface area (Å²) in [6, 6.07) is 15.3. The minimum Gasteiger partial charge on any atom is -0.497 e. The van der Waals surface area contributed by atoms with Gasteiger partial charge in [0.05, 0.1) is 12.8 Å². The number of hydrogen-bond donors (Lipinski definition) is 2. The Morgan fingerprint density at radius 3 is 2.56 bits per heavy atom. The van der Waals surface area contributed by atoms with Crippen LogP contribution in [-0.2, 0) is 4.79 Å². The van der Waals surface area contributed by atoms with Gasteiger partial charge in [-0.15, -0.1) is 28.3 Å². The number of thiazole rings is 1. The minimum absolute atomic E-state index is 0. The molecule has 1 amide bonds. The van der Waals surface area contributed by atoms with Gasteiger partial charge in [-0.2, -0.15) is 0 Å². The van der Waals surface area contributed by atoms with Crippen LogP contribution in [0.3, 0.4) is 0 Å². The van der Waals surface area contributed by atoms with Crippen LogP contribution in [0, 0.1) is 0 Å². The largest absolute Gasteiger partial charge is 0.497 e. The quantitative estimate of drug-likeness (QED) is 0.603. The second-order valence-electron chi connectivity index (χ2n) is 5.15. The monoisotopic (exact) mass is 419 g/mol. The zero-order valence-electron chi connectivity index (χ0n) is 13.8. The van der Waals surface area contributed by atoms with Crippen molar-refractivity contribution in [1.29, 1.82) is 0 Å². The molecule has 0 aliphatic rings. The van der Waals surface area contributed by atoms with Crippen LogP contribution in [0.25, 0.3) is 11.3 Å². The summed E-state index contributed by atoms with van der Waals surface area (Å²) < 4.78 is 5.15. The van der Waals surface area contributed by atoms with E-state index in [0.717, 1.165) is 33.5 Å². The van der Waals surface area contributed by atoms with Gasteiger partial charge in [0, 0.05) is 29.2 Å². The lowest BCUT2D eigenvalue weighted by Crippen LogP contribution is -2.05. The van der Waals surface area contributed by atoms with E-state index in [1.807, 2.05) is 53.9 Å². The van der Waals surface area contributed by atoms with Crippen LogP contribution in [0.4, 0.5) is 16.5 Å². The Bertz CT molecular complexity index is 850. The lowest BCUT2D eigenvalue weighted by molar-refractivity contribution is -0.114. The normalized spacial score (nSPS) is 9.84. The van der Waals surface area contributed by atoms with Crippen molar-refractivity contribution >= 4 is 50.7 Å². The molecule has 3 aromatic rings. The first-order valence-corrected chi connectivity index (χ1v) is 8.26. The summed E-state index contributed by atoms with van der Waals surface area (Å²) in [5.41, 5.74) is 3.53. The standard InChI is InChI=1S/C18H17N3O2S.BrH/c1-12(22)19-15-5-3-4-13(10-15)17-11-24-18(21-17)20-14-6-8-16(23-2)9-7-14;/h3-11H,1-2H3,(H,19,22)(H,20,21);1H. The highest BCUT2D eigenvalue weighted by Gasteiger charge is 2.06. The number of carbonyl (C=O) groups excluding carboxylic acids is 1. The summed E-state index contributed by atoms with van der Waals surface area (Å²) >= 11 is 1.53. The number of carbonyl (C=O) groups is 1. The summed E-state index contributed by atoms with van der Waals surface area (Å²) in [5.74, 6) is 0.724. The van der Waals surface area contributed by atoms with Crippen molar-refractivity contribution in [3.05, 3.63) is 53.9 Å². The highest BCUT2D eigenvalue weighted by molar-refractivity contribution is 8.93. The van der Waals surface area contributed by atoms with Crippen LogP contribution in [0.15, 0.2) is 53.9 Å². The number of methoxy groups -OCH3 is 1. The van der Waals surface area contributed by atoms with Gasteiger partial charge in [-0.05, 0) is 36.4 Å². The lowest BCUT2D eigenvalue weighted by atomic mass is 10.1. The van der Waals surface area contributed by atoms with Crippen LogP contribution in [-0.4, -0.2) is 18.0 Å². The Morgan fingerprint density at radius 2 is 1.88 bits per heavy atom. The molecule has 0 aliphatic carbocycles. The van der Waals surface area contributed by atoms with Crippen LogP contribution < -0.4 is 15.4 Å². The third-order valence-electron chi connectivity index (χ3n) is 3.32. The van der Waals surface area contributed by atoms with E-state index in [-0.39, 0.29) is 22.9 Å². The minimum atomic E-state index is -0.0905. The Balaban J connectivity index is 0.00000225. The highest BCUT2D eigenvalue weighted by Crippen LogP contribution is 2.29. The topological polar surface area (TPSA) is 63.2 Å². The third kappa shape index (κ3) is 5.04. The molecule has 0 aliphatic heterocycles. The summed E-state index contributed by atoms with van der Waals surface area (Å²) in [5, 5.41) is 8.85. The highest BCUT2D eigenvalue weighted by atomic mass is 79.9. The molecule has 25 heavy (non-hydrogen) atoms. The number of rotatable bonds is 5. The molecule has 0 atom stereocenters. The van der Waals surface area contributed by atoms with E-state index in [9.17, 15) is 4.79 Å². The first kappa shape index (κ1) is 19.0. The van der Waals surface area contributed by atoms with E-state index in [0.29, 0.717) is 0 Å². The summed E-state index contributed by atoms with van der Waals surface area (Å²) in [7, 11) is 1.64. The van der Waals surface area contributed by atoms with Crippen molar-refractivity contribution in [3.63, 3.8) is 0 Å². The van der Waals surface area contributed by atoms with Gasteiger partial charge in [0.1, 0.15) is 5.75 Å². The number of ether oxygens (including phenoxy) is 1. The van der Waals surface area contributed by atoms with Gasteiger partial charge in [-0.1, -0.05) is 12.1 Å². The predicted octanol–water partition coefficient (Wildman–Crippen LogP) is 5.10. The van der Waals surface area contributed by atoms with Gasteiger partial charge >= 0.3 is 0 Å². The van der Waals surface area contributed by atoms with Crippen molar-refractivity contribution in [2.24, 2.45) is 0 Å². The van der Waals surface area contributed by atoms with E-state index in [4.69, 9.17) is 4.74 Å². The predicted molar refractivity (Wildman–Crippen MR) is 108 cm³/mol. The van der Waals surface area contributed by atoms with Gasteiger partial charge < -0.3 is 15.4 Å². The maximum atomic E-state index is 11.2. The number of anilines is 3. The number of aromatic nitrogens is 1. The molecule has 2 aromatic carbocycles. The maximum absolute atomic E-state index is 11.2. The Morgan fingerprint density at radius 1 is 1.12 bits per heavy atom. The molecule has 3 rings (SSSR count). The molecule has 7 heteroatoms. The fourth-order valence-corrected chi connectivity index (χ4v) is 2.96. The Labute approximate surface area is 160 Å². The molecule has 1 heterocycles. The van der Waals surface area contributed by atoms with Crippen LogP contribution >= 0.6 is 28.3 Å². The molecule has 0 radical (unpaired) electrons. The van der Waals surface area contributed by atoms with Crippen LogP contribution in [0.1, 0.15) is 6.92 Å². The third-order valence-corrected chi connectivity index (χ3v) is 4.08. The maximum Gasteiger partial charge on any atom is 0.221 e. The van der Waals surface area contributed by atoms with E-state index in [1.165, 1.54) is 18.3 Å². The average molecular weight is 420 g/mol. The summed E-state index contributed by atoms with van der Waals surface area (Å²) in [4.78, 5) is 15.8. The average Bonchev–Trinajstić information content (AvgIpc) is 3.04. The Kier molecular flexibility index (Phi) is 6.55. The summed E-state index contributed by atoms with van der Waals surface area (Å²) in [6.45, 7) is 1.49. The van der Waals surface area contributed by atoms with Crippen LogP contribution in [0.2, 0.25) is 0 Å². The first-order valence-electron chi connectivity index (χ1n) is 7.38. The molecule has 0 saturated carbocycles. The molecule has 0 unspecified atom stereocenters. The molecule has 2 N–H and O–H groups in total. The number of nitrogens with one attached hydrogen (secondary N) is 2. The molecule has 130 valence electrons. The zero-order valence-corrected chi connectivity index (χ0v) is 16.3. The van der Waals surface area contributed by atoms with Crippen molar-refractivity contribution < 1.29 is 9.53 Å². The van der Waals surface area contributed by atoms with E-state index < -0.39 is 0 Å². The first-order chi connectivity index (χ1) is 11.6. The number of hydrogen-bond acceptors (Lipinski definition) is 5. The molecular weight excluding hydrogens is 402 g/mol. The van der Waals surface area contributed by atoms with Crippen LogP contribution in [0.5, 0.6) is 5.75 Å². The van der Waals surface area contributed by atoms with Crippen molar-refractivity contribution in [3.8, 4) is 17.0 Å². The number of amides is 1. The van der Waals surface area contributed by atoms with Gasteiger partial charge in [0.25, 0.3) is 0 Å². The molecule has 0 bridgehead atoms. The second-order valence-corrected chi connectivity index (χ2v) is 6.01. The smallest absolute Gasteiger partial charge is 0.221 e. The lowest BCUT2D eigenvalue weighted by Gasteiger charge is -2.05. The number of nitrogens with zero attached hydrogens (tertiary/aromatic N) is 1. The molecule has 0 fully saturated rings. The fraction of sp³-hybridized carbons (Fsp3) is 0.111. The number of halogens is 1. The fourth-order valence-electron chi connectivity index (χ4n) is 2.22. The summed E-state index contributed by atoms with van der Waals surface area (Å²) in [6.07, 6.45) is 0. The van der Waals surface area contributed by atoms with Crippen molar-refractivity contribution in [2.45, 2.75) is 6.92 Å². The SMILES string of the molecule is Br.COc1ccc(Nc2nc(-c3cccc(NC(C)=O)c3)cs2)cc1. The van der Waals surface area contributed by atoms with Gasteiger partial charge in [-0.25, -0.2) is 4.98 Å². The van der Waals surface area contributed by atoms with Gasteiger partial charge in [0.15, 0.2) is 5.13 Å². The molecule has 0 spiro atoms. The molecule has 5 nitrogen and oxygen atoms in total. The molecule has 1 aromatic heterocycles. The molecule has 0 saturated heterocycles. The second kappa shape index (κ2) is 8.64. The molecular formula is C18H18BrN3O2S. The zero-order chi connectivity index (χ0) is 16.9. The van der Waals surface area contributed by atoms with Crippen molar-refractivity contribution in [2.75, 3.05) is 17.7 Å². The Hall–Kier alpha value is -2.38. The van der Waals surface area contributed by atoms with E-state index in [2.05, 4.69) is 15.6 Å². The van der Waals surface area contributed by atoms with E-state index in [1.54, 1.807) is 7.11 Å². The van der Waals surface area contributed by atoms with Gasteiger partial charge in [-0.3, -0.25) is 4.79 Å². The number of benzene rings is 2.